The number of epoxide rings is 2. The van der Waals surface area contributed by atoms with E-state index in [0.29, 0.717) is 18.1 Å². The average molecular weight is 250 g/mol. The van der Waals surface area contributed by atoms with Crippen LogP contribution in [0.1, 0.15) is 53.4 Å². The van der Waals surface area contributed by atoms with E-state index < -0.39 is 0 Å². The average Bonchev–Trinajstić information content (AvgIpc) is 3.15. The second kappa shape index (κ2) is 3.32. The summed E-state index contributed by atoms with van der Waals surface area (Å²) >= 11 is 0. The van der Waals surface area contributed by atoms with Gasteiger partial charge < -0.3 is 9.47 Å². The van der Waals surface area contributed by atoms with Gasteiger partial charge in [-0.15, -0.1) is 0 Å². The van der Waals surface area contributed by atoms with Crippen LogP contribution in [0.2, 0.25) is 0 Å². The maximum atomic E-state index is 6.30. The van der Waals surface area contributed by atoms with Gasteiger partial charge in [-0.3, -0.25) is 0 Å². The lowest BCUT2D eigenvalue weighted by atomic mass is 9.64. The first-order valence-electron chi connectivity index (χ1n) is 7.86. The van der Waals surface area contributed by atoms with Crippen molar-refractivity contribution >= 4 is 0 Å². The fourth-order valence-corrected chi connectivity index (χ4v) is 5.29. The third kappa shape index (κ3) is 1.22. The summed E-state index contributed by atoms with van der Waals surface area (Å²) < 4.78 is 12.6. The van der Waals surface area contributed by atoms with Crippen molar-refractivity contribution in [1.29, 1.82) is 0 Å². The van der Waals surface area contributed by atoms with E-state index in [1.54, 1.807) is 0 Å². The molecule has 0 N–H and O–H groups in total. The first-order valence-corrected chi connectivity index (χ1v) is 7.86. The summed E-state index contributed by atoms with van der Waals surface area (Å²) in [5, 5.41) is 0. The number of fused-ring (bicyclic) bond motifs is 3. The van der Waals surface area contributed by atoms with Crippen molar-refractivity contribution in [2.24, 2.45) is 23.7 Å². The van der Waals surface area contributed by atoms with E-state index in [1.807, 2.05) is 0 Å². The maximum Gasteiger partial charge on any atom is 0.127 e. The van der Waals surface area contributed by atoms with Crippen LogP contribution in [0.3, 0.4) is 0 Å². The zero-order valence-corrected chi connectivity index (χ0v) is 12.1. The highest BCUT2D eigenvalue weighted by atomic mass is 16.7. The van der Waals surface area contributed by atoms with Crippen LogP contribution in [0.15, 0.2) is 0 Å². The SMILES string of the molecule is CC1CC(C)C2OC2(C23CCC(C)C(C)C2O3)C1. The number of hydrogen-bond donors (Lipinski definition) is 0. The lowest BCUT2D eigenvalue weighted by Crippen LogP contribution is -2.47. The molecule has 2 aliphatic heterocycles. The summed E-state index contributed by atoms with van der Waals surface area (Å²) in [6, 6.07) is 0. The van der Waals surface area contributed by atoms with E-state index in [2.05, 4.69) is 27.7 Å². The van der Waals surface area contributed by atoms with Crippen LogP contribution < -0.4 is 0 Å². The Morgan fingerprint density at radius 1 is 0.889 bits per heavy atom. The van der Waals surface area contributed by atoms with Crippen molar-refractivity contribution in [2.45, 2.75) is 76.8 Å². The number of ether oxygens (including phenoxy) is 2. The van der Waals surface area contributed by atoms with Crippen molar-refractivity contribution in [3.63, 3.8) is 0 Å². The summed E-state index contributed by atoms with van der Waals surface area (Å²) in [6.07, 6.45) is 6.11. The minimum atomic E-state index is 0.114. The standard InChI is InChI=1S/C16H26O2/c1-9-7-11(3)13-16(8-9,17-13)15-6-5-10(2)12(4)14(15)18-15/h9-14H,5-8H2,1-4H3. The van der Waals surface area contributed by atoms with Gasteiger partial charge in [-0.25, -0.2) is 0 Å². The van der Waals surface area contributed by atoms with E-state index >= 15 is 0 Å². The highest BCUT2D eigenvalue weighted by Crippen LogP contribution is 2.69. The normalized spacial score (nSPS) is 66.0. The molecular weight excluding hydrogens is 224 g/mol. The number of hydrogen-bond acceptors (Lipinski definition) is 2. The van der Waals surface area contributed by atoms with Gasteiger partial charge in [0, 0.05) is 0 Å². The summed E-state index contributed by atoms with van der Waals surface area (Å²) in [4.78, 5) is 0. The highest BCUT2D eigenvalue weighted by Gasteiger charge is 2.82. The Labute approximate surface area is 110 Å². The van der Waals surface area contributed by atoms with Crippen molar-refractivity contribution in [3.05, 3.63) is 0 Å². The van der Waals surface area contributed by atoms with E-state index in [-0.39, 0.29) is 11.2 Å². The molecule has 8 atom stereocenters. The lowest BCUT2D eigenvalue weighted by Gasteiger charge is -2.35. The summed E-state index contributed by atoms with van der Waals surface area (Å²) in [6.45, 7) is 9.51. The van der Waals surface area contributed by atoms with Gasteiger partial charge in [0.05, 0.1) is 12.2 Å². The minimum Gasteiger partial charge on any atom is -0.362 e. The van der Waals surface area contributed by atoms with E-state index in [1.165, 1.54) is 25.7 Å². The van der Waals surface area contributed by atoms with Crippen LogP contribution in [-0.2, 0) is 9.47 Å². The predicted molar refractivity (Wildman–Crippen MR) is 70.3 cm³/mol. The second-order valence-corrected chi connectivity index (χ2v) is 7.75. The first-order chi connectivity index (χ1) is 8.50. The van der Waals surface area contributed by atoms with Gasteiger partial charge in [0.1, 0.15) is 11.2 Å². The molecule has 18 heavy (non-hydrogen) atoms. The molecule has 2 saturated carbocycles. The third-order valence-corrected chi connectivity index (χ3v) is 6.48. The van der Waals surface area contributed by atoms with Gasteiger partial charge in [-0.05, 0) is 49.4 Å². The molecule has 0 bridgehead atoms. The summed E-state index contributed by atoms with van der Waals surface area (Å²) in [7, 11) is 0. The topological polar surface area (TPSA) is 25.1 Å². The van der Waals surface area contributed by atoms with E-state index in [9.17, 15) is 0 Å². The Hall–Kier alpha value is -0.0800. The first kappa shape index (κ1) is 11.7. The van der Waals surface area contributed by atoms with Crippen molar-refractivity contribution in [1.82, 2.24) is 0 Å². The molecular formula is C16H26O2. The quantitative estimate of drug-likeness (QED) is 0.666. The highest BCUT2D eigenvalue weighted by molar-refractivity contribution is 5.30. The van der Waals surface area contributed by atoms with E-state index in [0.717, 1.165) is 17.8 Å². The van der Waals surface area contributed by atoms with Gasteiger partial charge in [0.25, 0.3) is 0 Å². The second-order valence-electron chi connectivity index (χ2n) is 7.75. The molecule has 2 saturated heterocycles. The molecule has 4 rings (SSSR count). The van der Waals surface area contributed by atoms with Crippen LogP contribution in [-0.4, -0.2) is 23.4 Å². The molecule has 2 heterocycles. The van der Waals surface area contributed by atoms with Gasteiger partial charge in [-0.2, -0.15) is 0 Å². The largest absolute Gasteiger partial charge is 0.362 e. The van der Waals surface area contributed by atoms with Crippen molar-refractivity contribution in [3.8, 4) is 0 Å². The van der Waals surface area contributed by atoms with Gasteiger partial charge in [-0.1, -0.05) is 27.7 Å². The Morgan fingerprint density at radius 2 is 1.61 bits per heavy atom. The molecule has 0 aromatic carbocycles. The van der Waals surface area contributed by atoms with Gasteiger partial charge in [0.15, 0.2) is 0 Å². The number of rotatable bonds is 1. The molecule has 0 radical (unpaired) electrons. The molecule has 0 aromatic rings. The molecule has 102 valence electrons. The maximum absolute atomic E-state index is 6.30. The molecule has 0 amide bonds. The Morgan fingerprint density at radius 3 is 2.39 bits per heavy atom. The molecule has 2 heteroatoms. The Kier molecular flexibility index (Phi) is 2.16. The minimum absolute atomic E-state index is 0.114. The zero-order valence-electron chi connectivity index (χ0n) is 12.1. The van der Waals surface area contributed by atoms with Crippen molar-refractivity contribution in [2.75, 3.05) is 0 Å². The third-order valence-electron chi connectivity index (χ3n) is 6.48. The fourth-order valence-electron chi connectivity index (χ4n) is 5.29. The van der Waals surface area contributed by atoms with Crippen LogP contribution in [0.4, 0.5) is 0 Å². The molecule has 4 fully saturated rings. The molecule has 0 aromatic heterocycles. The molecule has 4 aliphatic rings. The van der Waals surface area contributed by atoms with Gasteiger partial charge in [0.2, 0.25) is 0 Å². The summed E-state index contributed by atoms with van der Waals surface area (Å²) in [5.74, 6) is 3.05. The van der Waals surface area contributed by atoms with Crippen LogP contribution in [0, 0.1) is 23.7 Å². The van der Waals surface area contributed by atoms with E-state index in [4.69, 9.17) is 9.47 Å². The smallest absolute Gasteiger partial charge is 0.127 e. The van der Waals surface area contributed by atoms with Gasteiger partial charge >= 0.3 is 0 Å². The molecule has 2 aliphatic carbocycles. The monoisotopic (exact) mass is 250 g/mol. The Bertz CT molecular complexity index is 381. The zero-order chi connectivity index (χ0) is 12.7. The van der Waals surface area contributed by atoms with Crippen LogP contribution >= 0.6 is 0 Å². The van der Waals surface area contributed by atoms with Crippen LogP contribution in [0.5, 0.6) is 0 Å². The lowest BCUT2D eigenvalue weighted by molar-refractivity contribution is 0.112. The molecule has 2 nitrogen and oxygen atoms in total. The fraction of sp³-hybridized carbons (Fsp3) is 1.00. The Balaban J connectivity index is 1.62. The molecule has 0 spiro atoms. The predicted octanol–water partition coefficient (Wildman–Crippen LogP) is 3.39. The van der Waals surface area contributed by atoms with Crippen LogP contribution in [0.25, 0.3) is 0 Å². The van der Waals surface area contributed by atoms with Crippen molar-refractivity contribution < 1.29 is 9.47 Å². The summed E-state index contributed by atoms with van der Waals surface area (Å²) in [5.41, 5.74) is 0.232. The molecule has 8 unspecified atom stereocenters.